The summed E-state index contributed by atoms with van der Waals surface area (Å²) in [4.78, 5) is 6.87. The summed E-state index contributed by atoms with van der Waals surface area (Å²) in [5.41, 5.74) is 0. The number of aromatic nitrogens is 1. The third-order valence-electron chi connectivity index (χ3n) is 4.05. The van der Waals surface area contributed by atoms with Crippen molar-refractivity contribution in [1.82, 2.24) is 10.3 Å². The predicted molar refractivity (Wildman–Crippen MR) is 77.9 cm³/mol. The van der Waals surface area contributed by atoms with E-state index in [1.165, 1.54) is 32.1 Å². The van der Waals surface area contributed by atoms with Gasteiger partial charge in [0, 0.05) is 35.8 Å². The zero-order chi connectivity index (χ0) is 12.4. The first-order valence-corrected chi connectivity index (χ1v) is 7.73. The molecule has 1 saturated carbocycles. The van der Waals surface area contributed by atoms with Crippen LogP contribution in [-0.4, -0.2) is 30.2 Å². The highest BCUT2D eigenvalue weighted by molar-refractivity contribution is 9.10. The lowest BCUT2D eigenvalue weighted by molar-refractivity contribution is 0.451. The van der Waals surface area contributed by atoms with Crippen molar-refractivity contribution in [2.45, 2.75) is 44.2 Å². The van der Waals surface area contributed by atoms with Gasteiger partial charge in [-0.1, -0.05) is 12.8 Å². The van der Waals surface area contributed by atoms with Crippen LogP contribution < -0.4 is 10.2 Å². The highest BCUT2D eigenvalue weighted by atomic mass is 79.9. The van der Waals surface area contributed by atoms with Gasteiger partial charge in [-0.25, -0.2) is 4.98 Å². The molecule has 1 aromatic heterocycles. The minimum absolute atomic E-state index is 0.651. The Balaban J connectivity index is 1.55. The van der Waals surface area contributed by atoms with Crippen molar-refractivity contribution < 1.29 is 0 Å². The molecule has 1 N–H and O–H groups in total. The normalized spacial score (nSPS) is 24.9. The Hall–Kier alpha value is -0.610. The highest BCUT2D eigenvalue weighted by Gasteiger charge is 2.26. The van der Waals surface area contributed by atoms with Gasteiger partial charge in [0.25, 0.3) is 0 Å². The van der Waals surface area contributed by atoms with Crippen molar-refractivity contribution in [2.24, 2.45) is 0 Å². The fraction of sp³-hybridized carbons (Fsp3) is 0.643. The lowest BCUT2D eigenvalue weighted by atomic mass is 10.2. The molecule has 2 fully saturated rings. The van der Waals surface area contributed by atoms with Gasteiger partial charge in [0.05, 0.1) is 0 Å². The van der Waals surface area contributed by atoms with E-state index in [1.54, 1.807) is 0 Å². The first kappa shape index (κ1) is 12.4. The molecule has 18 heavy (non-hydrogen) atoms. The molecule has 3 nitrogen and oxygen atoms in total. The van der Waals surface area contributed by atoms with Crippen molar-refractivity contribution >= 4 is 21.7 Å². The van der Waals surface area contributed by atoms with E-state index in [2.05, 4.69) is 43.3 Å². The fourth-order valence-corrected chi connectivity index (χ4v) is 3.32. The number of hydrogen-bond donors (Lipinski definition) is 1. The molecular formula is C14H20BrN3. The van der Waals surface area contributed by atoms with Crippen LogP contribution in [0.5, 0.6) is 0 Å². The van der Waals surface area contributed by atoms with E-state index >= 15 is 0 Å². The Morgan fingerprint density at radius 3 is 2.72 bits per heavy atom. The summed E-state index contributed by atoms with van der Waals surface area (Å²) in [7, 11) is 0. The Kier molecular flexibility index (Phi) is 3.85. The minimum atomic E-state index is 0.651. The van der Waals surface area contributed by atoms with Gasteiger partial charge in [-0.05, 0) is 47.3 Å². The maximum Gasteiger partial charge on any atom is 0.128 e. The van der Waals surface area contributed by atoms with E-state index in [9.17, 15) is 0 Å². The zero-order valence-electron chi connectivity index (χ0n) is 10.6. The molecule has 1 unspecified atom stereocenters. The van der Waals surface area contributed by atoms with Gasteiger partial charge in [-0.2, -0.15) is 0 Å². The van der Waals surface area contributed by atoms with E-state index in [0.29, 0.717) is 6.04 Å². The van der Waals surface area contributed by atoms with E-state index in [0.717, 1.165) is 29.4 Å². The second-order valence-corrected chi connectivity index (χ2v) is 6.33. The summed E-state index contributed by atoms with van der Waals surface area (Å²) in [6.07, 6.45) is 8.67. The maximum atomic E-state index is 4.48. The van der Waals surface area contributed by atoms with Crippen LogP contribution in [0.2, 0.25) is 0 Å². The Morgan fingerprint density at radius 1 is 1.17 bits per heavy atom. The summed E-state index contributed by atoms with van der Waals surface area (Å²) in [6, 6.07) is 5.59. The molecule has 0 spiro atoms. The lowest BCUT2D eigenvalue weighted by Gasteiger charge is -2.20. The molecule has 4 heteroatoms. The standard InChI is InChI=1S/C14H20BrN3/c15-11-5-6-14(16-9-11)18-8-7-13(10-18)17-12-3-1-2-4-12/h5-6,9,12-13,17H,1-4,7-8,10H2. The molecule has 1 aromatic rings. The third-order valence-corrected chi connectivity index (χ3v) is 4.52. The molecule has 0 amide bonds. The highest BCUT2D eigenvalue weighted by Crippen LogP contribution is 2.23. The van der Waals surface area contributed by atoms with Gasteiger partial charge in [-0.15, -0.1) is 0 Å². The molecule has 2 aliphatic rings. The number of rotatable bonds is 3. The van der Waals surface area contributed by atoms with Crippen LogP contribution in [0.4, 0.5) is 5.82 Å². The van der Waals surface area contributed by atoms with E-state index in [1.807, 2.05) is 6.20 Å². The average Bonchev–Trinajstić information content (AvgIpc) is 3.02. The second kappa shape index (κ2) is 5.57. The van der Waals surface area contributed by atoms with E-state index in [-0.39, 0.29) is 0 Å². The fourth-order valence-electron chi connectivity index (χ4n) is 3.09. The molecule has 1 atom stereocenters. The van der Waals surface area contributed by atoms with Gasteiger partial charge >= 0.3 is 0 Å². The summed E-state index contributed by atoms with van der Waals surface area (Å²) in [6.45, 7) is 2.23. The lowest BCUT2D eigenvalue weighted by Crippen LogP contribution is -2.38. The maximum absolute atomic E-state index is 4.48. The number of anilines is 1. The Morgan fingerprint density at radius 2 is 2.00 bits per heavy atom. The number of hydrogen-bond acceptors (Lipinski definition) is 3. The van der Waals surface area contributed by atoms with Gasteiger partial charge in [0.15, 0.2) is 0 Å². The number of nitrogens with one attached hydrogen (secondary N) is 1. The predicted octanol–water partition coefficient (Wildman–Crippen LogP) is 2.96. The second-order valence-electron chi connectivity index (χ2n) is 5.41. The van der Waals surface area contributed by atoms with Crippen molar-refractivity contribution in [2.75, 3.05) is 18.0 Å². The van der Waals surface area contributed by atoms with Crippen LogP contribution in [0.1, 0.15) is 32.1 Å². The summed E-state index contributed by atoms with van der Waals surface area (Å²) < 4.78 is 1.05. The van der Waals surface area contributed by atoms with Crippen molar-refractivity contribution in [3.05, 3.63) is 22.8 Å². The topological polar surface area (TPSA) is 28.2 Å². The zero-order valence-corrected chi connectivity index (χ0v) is 12.2. The number of pyridine rings is 1. The monoisotopic (exact) mass is 309 g/mol. The van der Waals surface area contributed by atoms with Crippen LogP contribution in [0, 0.1) is 0 Å². The van der Waals surface area contributed by atoms with Crippen molar-refractivity contribution in [3.8, 4) is 0 Å². The molecule has 0 bridgehead atoms. The van der Waals surface area contributed by atoms with Crippen LogP contribution in [-0.2, 0) is 0 Å². The van der Waals surface area contributed by atoms with Crippen molar-refractivity contribution in [3.63, 3.8) is 0 Å². The average molecular weight is 310 g/mol. The van der Waals surface area contributed by atoms with Gasteiger partial charge in [0.2, 0.25) is 0 Å². The molecule has 3 rings (SSSR count). The number of halogens is 1. The summed E-state index contributed by atoms with van der Waals surface area (Å²) in [5.74, 6) is 1.11. The van der Waals surface area contributed by atoms with Gasteiger partial charge < -0.3 is 10.2 Å². The smallest absolute Gasteiger partial charge is 0.128 e. The molecule has 98 valence electrons. The van der Waals surface area contributed by atoms with Gasteiger partial charge in [0.1, 0.15) is 5.82 Å². The molecule has 2 heterocycles. The first-order valence-electron chi connectivity index (χ1n) is 6.94. The molecule has 1 aliphatic heterocycles. The molecule has 0 aromatic carbocycles. The summed E-state index contributed by atoms with van der Waals surface area (Å²) >= 11 is 3.43. The summed E-state index contributed by atoms with van der Waals surface area (Å²) in [5, 5.41) is 3.81. The van der Waals surface area contributed by atoms with E-state index < -0.39 is 0 Å². The van der Waals surface area contributed by atoms with Crippen molar-refractivity contribution in [1.29, 1.82) is 0 Å². The number of nitrogens with zero attached hydrogens (tertiary/aromatic N) is 2. The van der Waals surface area contributed by atoms with E-state index in [4.69, 9.17) is 0 Å². The molecule has 0 radical (unpaired) electrons. The van der Waals surface area contributed by atoms with Crippen LogP contribution >= 0.6 is 15.9 Å². The Bertz CT molecular complexity index is 387. The third kappa shape index (κ3) is 2.86. The first-order chi connectivity index (χ1) is 8.81. The largest absolute Gasteiger partial charge is 0.355 e. The van der Waals surface area contributed by atoms with Crippen LogP contribution in [0.25, 0.3) is 0 Å². The Labute approximate surface area is 117 Å². The van der Waals surface area contributed by atoms with Crippen LogP contribution in [0.3, 0.4) is 0 Å². The quantitative estimate of drug-likeness (QED) is 0.930. The molecule has 1 aliphatic carbocycles. The van der Waals surface area contributed by atoms with Crippen LogP contribution in [0.15, 0.2) is 22.8 Å². The SMILES string of the molecule is Brc1ccc(N2CCC(NC3CCCC3)C2)nc1. The molecular weight excluding hydrogens is 290 g/mol. The van der Waals surface area contributed by atoms with Gasteiger partial charge in [-0.3, -0.25) is 0 Å². The molecule has 1 saturated heterocycles. The minimum Gasteiger partial charge on any atom is -0.355 e.